The van der Waals surface area contributed by atoms with Gasteiger partial charge in [0.1, 0.15) is 11.5 Å². The number of aldehydes is 1. The first kappa shape index (κ1) is 15.0. The smallest absolute Gasteiger partial charge is 0.284 e. The van der Waals surface area contributed by atoms with E-state index in [1.54, 1.807) is 14.2 Å². The van der Waals surface area contributed by atoms with Crippen LogP contribution in [0, 0.1) is 0 Å². The zero-order valence-corrected chi connectivity index (χ0v) is 11.6. The Balaban J connectivity index is 3.03. The van der Waals surface area contributed by atoms with Crippen molar-refractivity contribution < 1.29 is 19.1 Å². The molecule has 0 heterocycles. The summed E-state index contributed by atoms with van der Waals surface area (Å²) in [6.45, 7) is 4.23. The second kappa shape index (κ2) is 6.22. The lowest BCUT2D eigenvalue weighted by Gasteiger charge is -2.27. The topological polar surface area (TPSA) is 64.6 Å². The van der Waals surface area contributed by atoms with Gasteiger partial charge in [0.25, 0.3) is 5.91 Å². The summed E-state index contributed by atoms with van der Waals surface area (Å²) in [5, 5.41) is 2.56. The van der Waals surface area contributed by atoms with Crippen molar-refractivity contribution in [2.24, 2.45) is 0 Å². The van der Waals surface area contributed by atoms with Gasteiger partial charge >= 0.3 is 0 Å². The minimum atomic E-state index is -0.630. The zero-order chi connectivity index (χ0) is 14.5. The molecule has 0 spiro atoms. The van der Waals surface area contributed by atoms with Gasteiger partial charge in [-0.2, -0.15) is 0 Å². The van der Waals surface area contributed by atoms with Crippen molar-refractivity contribution in [2.45, 2.75) is 19.3 Å². The first-order valence-corrected chi connectivity index (χ1v) is 5.90. The molecule has 0 atom stereocenters. The third-order valence-electron chi connectivity index (χ3n) is 2.95. The Morgan fingerprint density at radius 3 is 2.53 bits per heavy atom. The molecule has 1 N–H and O–H groups in total. The lowest BCUT2D eigenvalue weighted by molar-refractivity contribution is -0.131. The Kier molecular flexibility index (Phi) is 4.92. The highest BCUT2D eigenvalue weighted by Gasteiger charge is 2.25. The van der Waals surface area contributed by atoms with Gasteiger partial charge in [0.2, 0.25) is 6.29 Å². The molecule has 0 aliphatic heterocycles. The van der Waals surface area contributed by atoms with Crippen LogP contribution in [0.4, 0.5) is 0 Å². The van der Waals surface area contributed by atoms with Crippen molar-refractivity contribution in [3.63, 3.8) is 0 Å². The number of benzene rings is 1. The van der Waals surface area contributed by atoms with Crippen molar-refractivity contribution in [3.8, 4) is 11.5 Å². The van der Waals surface area contributed by atoms with E-state index in [4.69, 9.17) is 9.47 Å². The van der Waals surface area contributed by atoms with Gasteiger partial charge in [-0.05, 0) is 18.2 Å². The summed E-state index contributed by atoms with van der Waals surface area (Å²) in [7, 11) is 3.18. The average molecular weight is 265 g/mol. The predicted molar refractivity (Wildman–Crippen MR) is 71.6 cm³/mol. The number of hydrogen-bond acceptors (Lipinski definition) is 4. The largest absolute Gasteiger partial charge is 0.497 e. The van der Waals surface area contributed by atoms with Crippen molar-refractivity contribution in [3.05, 3.63) is 23.8 Å². The van der Waals surface area contributed by atoms with Gasteiger partial charge in [0.15, 0.2) is 0 Å². The number of rotatable bonds is 6. The highest BCUT2D eigenvalue weighted by Crippen LogP contribution is 2.34. The molecule has 0 unspecified atom stereocenters. The Bertz CT molecular complexity index is 469. The maximum absolute atomic E-state index is 11.0. The van der Waals surface area contributed by atoms with Crippen LogP contribution in [0.25, 0.3) is 0 Å². The van der Waals surface area contributed by atoms with Crippen molar-refractivity contribution in [2.75, 3.05) is 20.8 Å². The fraction of sp³-hybridized carbons (Fsp3) is 0.429. The van der Waals surface area contributed by atoms with Crippen LogP contribution >= 0.6 is 0 Å². The fourth-order valence-electron chi connectivity index (χ4n) is 1.79. The van der Waals surface area contributed by atoms with Gasteiger partial charge in [0.05, 0.1) is 14.2 Å². The molecule has 0 aliphatic rings. The third-order valence-corrected chi connectivity index (χ3v) is 2.95. The highest BCUT2D eigenvalue weighted by atomic mass is 16.5. The molecule has 0 saturated heterocycles. The number of hydrogen-bond donors (Lipinski definition) is 1. The normalized spacial score (nSPS) is 10.7. The molecular weight excluding hydrogens is 246 g/mol. The molecule has 104 valence electrons. The molecule has 5 nitrogen and oxygen atoms in total. The molecule has 0 radical (unpaired) electrons. The summed E-state index contributed by atoms with van der Waals surface area (Å²) >= 11 is 0. The van der Waals surface area contributed by atoms with E-state index in [0.717, 1.165) is 5.56 Å². The Morgan fingerprint density at radius 2 is 2.00 bits per heavy atom. The third kappa shape index (κ3) is 3.71. The van der Waals surface area contributed by atoms with Crippen molar-refractivity contribution in [1.82, 2.24) is 5.32 Å². The van der Waals surface area contributed by atoms with Gasteiger partial charge in [0, 0.05) is 17.5 Å². The monoisotopic (exact) mass is 265 g/mol. The number of carbonyl (C=O) groups excluding carboxylic acids is 2. The molecule has 0 saturated carbocycles. The van der Waals surface area contributed by atoms with Crippen LogP contribution in [0.5, 0.6) is 11.5 Å². The van der Waals surface area contributed by atoms with Gasteiger partial charge in [-0.1, -0.05) is 13.8 Å². The molecular formula is C14H19NO4. The Labute approximate surface area is 112 Å². The lowest BCUT2D eigenvalue weighted by Crippen LogP contribution is -2.37. The zero-order valence-electron chi connectivity index (χ0n) is 11.6. The van der Waals surface area contributed by atoms with Crippen molar-refractivity contribution in [1.29, 1.82) is 0 Å². The van der Waals surface area contributed by atoms with Crippen LogP contribution < -0.4 is 14.8 Å². The van der Waals surface area contributed by atoms with Crippen LogP contribution in [0.3, 0.4) is 0 Å². The summed E-state index contributed by atoms with van der Waals surface area (Å²) < 4.78 is 10.5. The standard InChI is InChI=1S/C14H19NO4/c1-14(2,9-15-13(17)8-16)11-7-10(18-3)5-6-12(11)19-4/h5-8H,9H2,1-4H3,(H,15,17). The van der Waals surface area contributed by atoms with E-state index in [1.165, 1.54) is 0 Å². The summed E-state index contributed by atoms with van der Waals surface area (Å²) in [4.78, 5) is 21.4. The number of amides is 1. The van der Waals surface area contributed by atoms with Gasteiger partial charge in [-0.3, -0.25) is 9.59 Å². The molecule has 1 amide bonds. The molecule has 1 aromatic rings. The molecule has 19 heavy (non-hydrogen) atoms. The van der Waals surface area contributed by atoms with E-state index >= 15 is 0 Å². The lowest BCUT2D eigenvalue weighted by atomic mass is 9.83. The van der Waals surface area contributed by atoms with E-state index in [0.29, 0.717) is 18.0 Å². The van der Waals surface area contributed by atoms with Crippen LogP contribution in [-0.2, 0) is 15.0 Å². The minimum Gasteiger partial charge on any atom is -0.497 e. The van der Waals surface area contributed by atoms with Gasteiger partial charge < -0.3 is 14.8 Å². The maximum atomic E-state index is 11.0. The number of nitrogens with one attached hydrogen (secondary N) is 1. The van der Waals surface area contributed by atoms with E-state index < -0.39 is 11.3 Å². The molecule has 0 aliphatic carbocycles. The molecule has 0 aromatic heterocycles. The minimum absolute atomic E-state index is 0.263. The first-order chi connectivity index (χ1) is 8.94. The summed E-state index contributed by atoms with van der Waals surface area (Å²) in [6, 6.07) is 5.49. The highest BCUT2D eigenvalue weighted by molar-refractivity contribution is 6.23. The molecule has 5 heteroatoms. The van der Waals surface area contributed by atoms with Gasteiger partial charge in [-0.15, -0.1) is 0 Å². The number of ether oxygens (including phenoxy) is 2. The first-order valence-electron chi connectivity index (χ1n) is 5.90. The number of methoxy groups -OCH3 is 2. The summed E-state index contributed by atoms with van der Waals surface area (Å²) in [5.74, 6) is 0.798. The SMILES string of the molecule is COc1ccc(OC)c(C(C)(C)CNC(=O)C=O)c1. The summed E-state index contributed by atoms with van der Waals surface area (Å²) in [6.07, 6.45) is 0.263. The molecule has 1 rings (SSSR count). The van der Waals surface area contributed by atoms with E-state index in [-0.39, 0.29) is 6.29 Å². The van der Waals surface area contributed by atoms with Gasteiger partial charge in [-0.25, -0.2) is 0 Å². The van der Waals surface area contributed by atoms with Crippen LogP contribution in [0.1, 0.15) is 19.4 Å². The van der Waals surface area contributed by atoms with E-state index in [9.17, 15) is 9.59 Å². The second-order valence-electron chi connectivity index (χ2n) is 4.79. The maximum Gasteiger partial charge on any atom is 0.284 e. The van der Waals surface area contributed by atoms with Crippen LogP contribution in [0.15, 0.2) is 18.2 Å². The van der Waals surface area contributed by atoms with E-state index in [1.807, 2.05) is 32.0 Å². The average Bonchev–Trinajstić information content (AvgIpc) is 2.43. The summed E-state index contributed by atoms with van der Waals surface area (Å²) in [5.41, 5.74) is 0.513. The Morgan fingerprint density at radius 1 is 1.32 bits per heavy atom. The molecule has 1 aromatic carbocycles. The van der Waals surface area contributed by atoms with E-state index in [2.05, 4.69) is 5.32 Å². The quantitative estimate of drug-likeness (QED) is 0.622. The van der Waals surface area contributed by atoms with Crippen molar-refractivity contribution >= 4 is 12.2 Å². The van der Waals surface area contributed by atoms with Crippen LogP contribution in [-0.4, -0.2) is 33.0 Å². The molecule has 0 bridgehead atoms. The fourth-order valence-corrected chi connectivity index (χ4v) is 1.79. The predicted octanol–water partition coefficient (Wildman–Crippen LogP) is 1.30. The number of carbonyl (C=O) groups is 2. The Hall–Kier alpha value is -2.04. The van der Waals surface area contributed by atoms with Crippen LogP contribution in [0.2, 0.25) is 0 Å². The molecule has 0 fully saturated rings. The second-order valence-corrected chi connectivity index (χ2v) is 4.79.